The van der Waals surface area contributed by atoms with Crippen molar-refractivity contribution in [2.45, 2.75) is 0 Å². The first-order valence-electron chi connectivity index (χ1n) is 6.01. The normalized spacial score (nSPS) is 10.9. The topological polar surface area (TPSA) is 34.4 Å². The highest BCUT2D eigenvalue weighted by atomic mass is 127. The molecule has 0 fully saturated rings. The van der Waals surface area contributed by atoms with Gasteiger partial charge in [-0.1, -0.05) is 40.2 Å². The summed E-state index contributed by atoms with van der Waals surface area (Å²) in [4.78, 5) is 16.2. The first kappa shape index (κ1) is 13.8. The van der Waals surface area contributed by atoms with Gasteiger partial charge in [0.05, 0.1) is 11.0 Å². The molecule has 0 bridgehead atoms. The molecule has 0 aliphatic heterocycles. The Morgan fingerprint density at radius 2 is 1.90 bits per heavy atom. The maximum absolute atomic E-state index is 11.6. The number of aromatic nitrogens is 2. The van der Waals surface area contributed by atoms with Crippen LogP contribution < -0.4 is 0 Å². The molecule has 0 saturated carbocycles. The Kier molecular flexibility index (Phi) is 3.89. The van der Waals surface area contributed by atoms with E-state index in [2.05, 4.69) is 43.5 Å². The summed E-state index contributed by atoms with van der Waals surface area (Å²) in [5, 5.41) is 0.346. The number of halogens is 2. The van der Waals surface area contributed by atoms with Crippen molar-refractivity contribution in [2.75, 3.05) is 5.33 Å². The lowest BCUT2D eigenvalue weighted by atomic mass is 10.1. The van der Waals surface area contributed by atoms with Crippen molar-refractivity contribution in [1.82, 2.24) is 9.38 Å². The molecular weight excluding hydrogens is 431 g/mol. The number of carbonyl (C=O) groups is 1. The Morgan fingerprint density at radius 1 is 1.15 bits per heavy atom. The third kappa shape index (κ3) is 2.64. The van der Waals surface area contributed by atoms with E-state index in [1.54, 1.807) is 0 Å². The molecule has 0 N–H and O–H groups in total. The number of rotatable bonds is 3. The van der Waals surface area contributed by atoms with Crippen molar-refractivity contribution in [2.24, 2.45) is 0 Å². The van der Waals surface area contributed by atoms with Gasteiger partial charge in [-0.2, -0.15) is 0 Å². The summed E-state index contributed by atoms with van der Waals surface area (Å²) in [7, 11) is 0. The maximum Gasteiger partial charge on any atom is 0.173 e. The average molecular weight is 441 g/mol. The van der Waals surface area contributed by atoms with Gasteiger partial charge < -0.3 is 4.40 Å². The van der Waals surface area contributed by atoms with Gasteiger partial charge in [0.2, 0.25) is 0 Å². The molecule has 0 spiro atoms. The average Bonchev–Trinajstić information content (AvgIpc) is 2.89. The molecule has 5 heteroatoms. The molecule has 0 radical (unpaired) electrons. The summed E-state index contributed by atoms with van der Waals surface area (Å²) >= 11 is 5.46. The van der Waals surface area contributed by atoms with Crippen LogP contribution in [0.1, 0.15) is 10.4 Å². The van der Waals surface area contributed by atoms with Gasteiger partial charge in [0.1, 0.15) is 5.65 Å². The first-order chi connectivity index (χ1) is 9.67. The zero-order chi connectivity index (χ0) is 14.1. The number of alkyl halides is 1. The van der Waals surface area contributed by atoms with E-state index < -0.39 is 0 Å². The van der Waals surface area contributed by atoms with E-state index in [1.807, 2.05) is 53.2 Å². The molecular formula is C15H10BrIN2O. The third-order valence-electron chi connectivity index (χ3n) is 3.04. The van der Waals surface area contributed by atoms with Crippen LogP contribution in [0.2, 0.25) is 0 Å². The predicted molar refractivity (Wildman–Crippen MR) is 91.5 cm³/mol. The zero-order valence-corrected chi connectivity index (χ0v) is 14.1. The Balaban J connectivity index is 2.00. The fraction of sp³-hybridized carbons (Fsp3) is 0.0667. The quantitative estimate of drug-likeness (QED) is 0.348. The molecule has 0 aliphatic rings. The van der Waals surface area contributed by atoms with Crippen LogP contribution in [-0.2, 0) is 0 Å². The van der Waals surface area contributed by atoms with Gasteiger partial charge in [0.25, 0.3) is 0 Å². The zero-order valence-electron chi connectivity index (χ0n) is 10.4. The smallest absolute Gasteiger partial charge is 0.173 e. The van der Waals surface area contributed by atoms with E-state index in [-0.39, 0.29) is 5.78 Å². The van der Waals surface area contributed by atoms with E-state index in [4.69, 9.17) is 0 Å². The van der Waals surface area contributed by atoms with Crippen LogP contribution in [0.4, 0.5) is 0 Å². The molecule has 0 atom stereocenters. The molecule has 0 saturated heterocycles. The lowest BCUT2D eigenvalue weighted by molar-refractivity contribution is 0.102. The second-order valence-electron chi connectivity index (χ2n) is 4.37. The lowest BCUT2D eigenvalue weighted by Crippen LogP contribution is -1.98. The van der Waals surface area contributed by atoms with Gasteiger partial charge in [0.15, 0.2) is 5.78 Å². The second-order valence-corrected chi connectivity index (χ2v) is 6.18. The molecule has 100 valence electrons. The second kappa shape index (κ2) is 5.65. The van der Waals surface area contributed by atoms with Crippen molar-refractivity contribution in [1.29, 1.82) is 0 Å². The predicted octanol–water partition coefficient (Wildman–Crippen LogP) is 4.18. The number of benzene rings is 1. The minimum atomic E-state index is 0.0844. The Bertz CT molecular complexity index is 780. The van der Waals surface area contributed by atoms with Crippen molar-refractivity contribution in [3.63, 3.8) is 0 Å². The number of Topliss-reactive ketones (excluding diaryl/α,β-unsaturated/α-hetero) is 1. The van der Waals surface area contributed by atoms with Gasteiger partial charge in [0, 0.05) is 27.1 Å². The van der Waals surface area contributed by atoms with Crippen molar-refractivity contribution in [3.8, 4) is 11.3 Å². The summed E-state index contributed by atoms with van der Waals surface area (Å²) in [5.41, 5.74) is 3.55. The fourth-order valence-corrected chi connectivity index (χ4v) is 2.81. The first-order valence-corrected chi connectivity index (χ1v) is 8.21. The van der Waals surface area contributed by atoms with Crippen LogP contribution in [0.25, 0.3) is 16.9 Å². The molecule has 0 amide bonds. The molecule has 3 aromatic rings. The van der Waals surface area contributed by atoms with Gasteiger partial charge in [-0.25, -0.2) is 4.98 Å². The van der Waals surface area contributed by atoms with Crippen LogP contribution >= 0.6 is 38.5 Å². The summed E-state index contributed by atoms with van der Waals surface area (Å²) in [5.74, 6) is 0.0844. The Labute approximate surface area is 138 Å². The molecule has 3 rings (SSSR count). The summed E-state index contributed by atoms with van der Waals surface area (Å²) in [6.45, 7) is 0. The number of hydrogen-bond donors (Lipinski definition) is 0. The van der Waals surface area contributed by atoms with Gasteiger partial charge in [-0.3, -0.25) is 4.79 Å². The lowest BCUT2D eigenvalue weighted by Gasteiger charge is -1.99. The molecule has 0 aliphatic carbocycles. The molecule has 2 heterocycles. The molecule has 0 unspecified atom stereocenters. The van der Waals surface area contributed by atoms with E-state index >= 15 is 0 Å². The van der Waals surface area contributed by atoms with Gasteiger partial charge >= 0.3 is 0 Å². The number of pyridine rings is 1. The van der Waals surface area contributed by atoms with Crippen LogP contribution in [0.15, 0.2) is 48.8 Å². The fourth-order valence-electron chi connectivity index (χ4n) is 2.01. The highest BCUT2D eigenvalue weighted by Gasteiger charge is 2.07. The standard InChI is InChI=1S/C15H10BrIN2O/c16-7-14(20)11-3-1-10(2-4-11)13-9-19-8-12(17)5-6-15(19)18-13/h1-6,8-9H,7H2. The number of nitrogens with zero attached hydrogens (tertiary/aromatic N) is 2. The van der Waals surface area contributed by atoms with Crippen molar-refractivity contribution in [3.05, 3.63) is 57.9 Å². The van der Waals surface area contributed by atoms with Crippen LogP contribution in [0.5, 0.6) is 0 Å². The summed E-state index contributed by atoms with van der Waals surface area (Å²) in [6.07, 6.45) is 4.04. The minimum absolute atomic E-state index is 0.0844. The van der Waals surface area contributed by atoms with E-state index in [0.717, 1.165) is 20.5 Å². The number of hydrogen-bond acceptors (Lipinski definition) is 2. The van der Waals surface area contributed by atoms with Gasteiger partial charge in [-0.05, 0) is 34.7 Å². The highest BCUT2D eigenvalue weighted by Crippen LogP contribution is 2.20. The van der Waals surface area contributed by atoms with Crippen molar-refractivity contribution < 1.29 is 4.79 Å². The van der Waals surface area contributed by atoms with Gasteiger partial charge in [-0.15, -0.1) is 0 Å². The number of ketones is 1. The summed E-state index contributed by atoms with van der Waals surface area (Å²) in [6, 6.07) is 11.6. The Morgan fingerprint density at radius 3 is 2.60 bits per heavy atom. The summed E-state index contributed by atoms with van der Waals surface area (Å²) < 4.78 is 3.17. The van der Waals surface area contributed by atoms with E-state index in [9.17, 15) is 4.79 Å². The molecule has 20 heavy (non-hydrogen) atoms. The minimum Gasteiger partial charge on any atom is -0.305 e. The number of fused-ring (bicyclic) bond motifs is 1. The van der Waals surface area contributed by atoms with Crippen LogP contribution in [0.3, 0.4) is 0 Å². The Hall–Kier alpha value is -1.21. The van der Waals surface area contributed by atoms with Crippen LogP contribution in [-0.4, -0.2) is 20.5 Å². The third-order valence-corrected chi connectivity index (χ3v) is 4.19. The molecule has 1 aromatic carbocycles. The van der Waals surface area contributed by atoms with Crippen molar-refractivity contribution >= 4 is 50.0 Å². The largest absolute Gasteiger partial charge is 0.305 e. The molecule has 2 aromatic heterocycles. The van der Waals surface area contributed by atoms with E-state index in [0.29, 0.717) is 10.9 Å². The van der Waals surface area contributed by atoms with Crippen LogP contribution in [0, 0.1) is 3.57 Å². The molecule has 3 nitrogen and oxygen atoms in total. The van der Waals surface area contributed by atoms with E-state index in [1.165, 1.54) is 0 Å². The number of imidazole rings is 1. The monoisotopic (exact) mass is 440 g/mol. The SMILES string of the molecule is O=C(CBr)c1ccc(-c2cn3cc(I)ccc3n2)cc1. The highest BCUT2D eigenvalue weighted by molar-refractivity contribution is 14.1. The maximum atomic E-state index is 11.6. The number of carbonyl (C=O) groups excluding carboxylic acids is 1.